The highest BCUT2D eigenvalue weighted by Gasteiger charge is 2.32. The third kappa shape index (κ3) is 4.84. The molecule has 176 valence electrons. The van der Waals surface area contributed by atoms with Crippen molar-refractivity contribution in [2.75, 3.05) is 29.1 Å². The van der Waals surface area contributed by atoms with Gasteiger partial charge in [-0.15, -0.1) is 11.8 Å². The Morgan fingerprint density at radius 1 is 0.882 bits per heavy atom. The number of primary amides is 1. The molecule has 2 aromatic rings. The molecule has 2 aromatic carbocycles. The van der Waals surface area contributed by atoms with Gasteiger partial charge in [0, 0.05) is 41.4 Å². The molecule has 0 radical (unpaired) electrons. The number of amides is 3. The number of nitrogens with two attached hydrogens (primary N) is 2. The minimum absolute atomic E-state index is 0.106. The number of rotatable bonds is 5. The summed E-state index contributed by atoms with van der Waals surface area (Å²) in [5.41, 5.74) is 13.8. The van der Waals surface area contributed by atoms with Crippen molar-refractivity contribution >= 4 is 52.3 Å². The molecule has 9 heteroatoms. The van der Waals surface area contributed by atoms with Crippen LogP contribution in [0.25, 0.3) is 0 Å². The molecule has 34 heavy (non-hydrogen) atoms. The first-order valence-corrected chi connectivity index (χ1v) is 12.4. The number of thioether (sulfide) groups is 1. The van der Waals surface area contributed by atoms with Crippen LogP contribution in [-0.4, -0.2) is 42.8 Å². The maximum absolute atomic E-state index is 13.5. The summed E-state index contributed by atoms with van der Waals surface area (Å²) in [6.07, 6.45) is 4.77. The van der Waals surface area contributed by atoms with Crippen LogP contribution in [0, 0.1) is 0 Å². The molecule has 4 N–H and O–H groups in total. The second-order valence-corrected chi connectivity index (χ2v) is 9.02. The van der Waals surface area contributed by atoms with Crippen molar-refractivity contribution in [3.63, 3.8) is 0 Å². The predicted molar refractivity (Wildman–Crippen MR) is 135 cm³/mol. The summed E-state index contributed by atoms with van der Waals surface area (Å²) in [5.74, 6) is -1.02. The molecular formula is C25H27N5O3S. The van der Waals surface area contributed by atoms with E-state index in [1.165, 1.54) is 0 Å². The maximum Gasteiger partial charge on any atom is 0.277 e. The van der Waals surface area contributed by atoms with Crippen molar-refractivity contribution in [2.24, 2.45) is 16.5 Å². The zero-order valence-corrected chi connectivity index (χ0v) is 19.8. The number of hydrogen-bond donors (Lipinski definition) is 2. The van der Waals surface area contributed by atoms with E-state index in [9.17, 15) is 14.4 Å². The number of benzene rings is 2. The minimum Gasteiger partial charge on any atom is -0.394 e. The van der Waals surface area contributed by atoms with Gasteiger partial charge in [0.05, 0.1) is 5.69 Å². The third-order valence-electron chi connectivity index (χ3n) is 6.02. The fraction of sp³-hybridized carbons (Fsp3) is 0.280. The summed E-state index contributed by atoms with van der Waals surface area (Å²) in [4.78, 5) is 46.5. The molecule has 2 heterocycles. The first kappa shape index (κ1) is 23.6. The largest absolute Gasteiger partial charge is 0.394 e. The molecule has 0 spiro atoms. The SMILES string of the molecule is CSc1ccc(N=C2C(=O)N(c3ccc(N4CCCCC4=O)cc3)CCC2=C(N)C(N)=O)cc1. The number of piperidine rings is 2. The molecule has 0 saturated carbocycles. The standard InChI is InChI=1S/C25H27N5O3S/c1-34-19-11-5-16(6-12-19)28-23-20(22(26)24(27)32)13-15-30(25(23)33)18-9-7-17(8-10-18)29-14-3-2-4-21(29)31/h5-12H,2-4,13-15,26H2,1H3,(H2,27,32). The van der Waals surface area contributed by atoms with Crippen LogP contribution in [-0.2, 0) is 14.4 Å². The molecule has 0 aliphatic carbocycles. The van der Waals surface area contributed by atoms with E-state index in [1.54, 1.807) is 21.6 Å². The second-order valence-electron chi connectivity index (χ2n) is 8.14. The normalized spacial score (nSPS) is 19.5. The molecule has 4 rings (SSSR count). The Bertz CT molecular complexity index is 1170. The Hall–Kier alpha value is -3.59. The van der Waals surface area contributed by atoms with Gasteiger partial charge in [0.15, 0.2) is 0 Å². The zero-order chi connectivity index (χ0) is 24.2. The molecule has 0 atom stereocenters. The molecule has 0 bridgehead atoms. The fourth-order valence-corrected chi connectivity index (χ4v) is 4.56. The Balaban J connectivity index is 1.66. The van der Waals surface area contributed by atoms with Crippen LogP contribution in [0.1, 0.15) is 25.7 Å². The van der Waals surface area contributed by atoms with Gasteiger partial charge >= 0.3 is 0 Å². The van der Waals surface area contributed by atoms with Crippen molar-refractivity contribution in [3.8, 4) is 0 Å². The first-order chi connectivity index (χ1) is 16.4. The number of carbonyl (C=O) groups is 3. The zero-order valence-electron chi connectivity index (χ0n) is 19.0. The molecule has 3 amide bonds. The van der Waals surface area contributed by atoms with Crippen molar-refractivity contribution < 1.29 is 14.4 Å². The van der Waals surface area contributed by atoms with Crippen LogP contribution >= 0.6 is 11.8 Å². The summed E-state index contributed by atoms with van der Waals surface area (Å²) in [7, 11) is 0. The van der Waals surface area contributed by atoms with Crippen LogP contribution in [0.2, 0.25) is 0 Å². The van der Waals surface area contributed by atoms with Crippen LogP contribution in [0.15, 0.2) is 69.7 Å². The Labute approximate surface area is 202 Å². The van der Waals surface area contributed by atoms with Gasteiger partial charge in [0.2, 0.25) is 5.91 Å². The van der Waals surface area contributed by atoms with Crippen LogP contribution in [0.5, 0.6) is 0 Å². The van der Waals surface area contributed by atoms with E-state index in [1.807, 2.05) is 54.8 Å². The highest BCUT2D eigenvalue weighted by atomic mass is 32.2. The lowest BCUT2D eigenvalue weighted by atomic mass is 9.97. The van der Waals surface area contributed by atoms with E-state index in [2.05, 4.69) is 4.99 Å². The van der Waals surface area contributed by atoms with E-state index in [4.69, 9.17) is 11.5 Å². The molecule has 0 unspecified atom stereocenters. The summed E-state index contributed by atoms with van der Waals surface area (Å²) in [5, 5.41) is 0. The average Bonchev–Trinajstić information content (AvgIpc) is 2.85. The summed E-state index contributed by atoms with van der Waals surface area (Å²) < 4.78 is 0. The third-order valence-corrected chi connectivity index (χ3v) is 6.76. The highest BCUT2D eigenvalue weighted by Crippen LogP contribution is 2.29. The lowest BCUT2D eigenvalue weighted by Gasteiger charge is -2.31. The van der Waals surface area contributed by atoms with Gasteiger partial charge in [-0.25, -0.2) is 4.99 Å². The summed E-state index contributed by atoms with van der Waals surface area (Å²) in [6, 6.07) is 14.8. The monoisotopic (exact) mass is 477 g/mol. The number of anilines is 2. The number of nitrogens with zero attached hydrogens (tertiary/aromatic N) is 3. The van der Waals surface area contributed by atoms with Gasteiger partial charge in [-0.05, 0) is 74.0 Å². The Kier molecular flexibility index (Phi) is 7.02. The van der Waals surface area contributed by atoms with Crippen molar-refractivity contribution in [1.82, 2.24) is 0 Å². The van der Waals surface area contributed by atoms with Crippen molar-refractivity contribution in [3.05, 3.63) is 59.8 Å². The van der Waals surface area contributed by atoms with Gasteiger partial charge < -0.3 is 21.3 Å². The molecule has 0 aromatic heterocycles. The topological polar surface area (TPSA) is 122 Å². The van der Waals surface area contributed by atoms with Gasteiger partial charge in [-0.2, -0.15) is 0 Å². The molecule has 2 aliphatic rings. The summed E-state index contributed by atoms with van der Waals surface area (Å²) >= 11 is 1.60. The van der Waals surface area contributed by atoms with Crippen LogP contribution < -0.4 is 21.3 Å². The Morgan fingerprint density at radius 3 is 2.12 bits per heavy atom. The second kappa shape index (κ2) is 10.1. The van der Waals surface area contributed by atoms with Crippen LogP contribution in [0.4, 0.5) is 17.1 Å². The van der Waals surface area contributed by atoms with Crippen molar-refractivity contribution in [2.45, 2.75) is 30.6 Å². The molecule has 2 fully saturated rings. The van der Waals surface area contributed by atoms with E-state index < -0.39 is 5.91 Å². The van der Waals surface area contributed by atoms with Gasteiger partial charge in [-0.3, -0.25) is 14.4 Å². The lowest BCUT2D eigenvalue weighted by Crippen LogP contribution is -2.44. The van der Waals surface area contributed by atoms with Gasteiger partial charge in [0.1, 0.15) is 11.4 Å². The number of hydrogen-bond acceptors (Lipinski definition) is 6. The van der Waals surface area contributed by atoms with Gasteiger partial charge in [-0.1, -0.05) is 0 Å². The van der Waals surface area contributed by atoms with E-state index >= 15 is 0 Å². The van der Waals surface area contributed by atoms with Gasteiger partial charge in [0.25, 0.3) is 11.8 Å². The van der Waals surface area contributed by atoms with E-state index in [0.29, 0.717) is 42.9 Å². The van der Waals surface area contributed by atoms with E-state index in [0.717, 1.165) is 23.4 Å². The van der Waals surface area contributed by atoms with Crippen molar-refractivity contribution in [1.29, 1.82) is 0 Å². The minimum atomic E-state index is -0.780. The average molecular weight is 478 g/mol. The number of carbonyl (C=O) groups excluding carboxylic acids is 3. The quantitative estimate of drug-likeness (QED) is 0.506. The molecule has 2 aliphatic heterocycles. The maximum atomic E-state index is 13.5. The number of aliphatic imine (C=N–C) groups is 1. The Morgan fingerprint density at radius 2 is 1.53 bits per heavy atom. The predicted octanol–water partition coefficient (Wildman–Crippen LogP) is 3.13. The first-order valence-electron chi connectivity index (χ1n) is 11.1. The molecule has 8 nitrogen and oxygen atoms in total. The van der Waals surface area contributed by atoms with E-state index in [-0.39, 0.29) is 23.2 Å². The highest BCUT2D eigenvalue weighted by molar-refractivity contribution is 7.98. The van der Waals surface area contributed by atoms with Crippen LogP contribution in [0.3, 0.4) is 0 Å². The lowest BCUT2D eigenvalue weighted by molar-refractivity contribution is -0.119. The molecule has 2 saturated heterocycles. The fourth-order valence-electron chi connectivity index (χ4n) is 4.15. The summed E-state index contributed by atoms with van der Waals surface area (Å²) in [6.45, 7) is 1.03. The molecular weight excluding hydrogens is 450 g/mol. The smallest absolute Gasteiger partial charge is 0.277 e.